The lowest BCUT2D eigenvalue weighted by Crippen LogP contribution is -2.66. The van der Waals surface area contributed by atoms with Crippen molar-refractivity contribution in [3.63, 3.8) is 0 Å². The monoisotopic (exact) mass is 392 g/mol. The lowest BCUT2D eigenvalue weighted by molar-refractivity contribution is -0.118. The van der Waals surface area contributed by atoms with Gasteiger partial charge in [-0.1, -0.05) is 101 Å². The number of Topliss-reactive ketones (excluding diaryl/α,β-unsaturated/α-hetero) is 1. The van der Waals surface area contributed by atoms with E-state index in [-0.39, 0.29) is 16.2 Å². The molecule has 0 fully saturated rings. The third-order valence-corrected chi connectivity index (χ3v) is 10.7. The lowest BCUT2D eigenvalue weighted by Gasteiger charge is -2.43. The largest absolute Gasteiger partial charge is 0.403 e. The van der Waals surface area contributed by atoms with Crippen molar-refractivity contribution in [1.82, 2.24) is 0 Å². The van der Waals surface area contributed by atoms with Crippen LogP contribution in [-0.2, 0) is 9.22 Å². The molecule has 0 aromatic heterocycles. The molecule has 0 atom stereocenters. The van der Waals surface area contributed by atoms with E-state index in [0.29, 0.717) is 13.0 Å². The first kappa shape index (κ1) is 20.8. The van der Waals surface area contributed by atoms with Gasteiger partial charge in [-0.25, -0.2) is 0 Å². The third kappa shape index (κ3) is 4.06. The molecule has 0 radical (unpaired) electrons. The van der Waals surface area contributed by atoms with Crippen LogP contribution in [0.25, 0.3) is 0 Å². The van der Waals surface area contributed by atoms with Crippen LogP contribution >= 0.6 is 0 Å². The maximum atomic E-state index is 12.7. The van der Waals surface area contributed by atoms with E-state index in [0.717, 1.165) is 12.0 Å². The Morgan fingerprint density at radius 3 is 1.86 bits per heavy atom. The van der Waals surface area contributed by atoms with Gasteiger partial charge in [0.2, 0.25) is 0 Å². The Labute approximate surface area is 170 Å². The fourth-order valence-corrected chi connectivity index (χ4v) is 8.75. The normalized spacial score (nSPS) is 17.3. The van der Waals surface area contributed by atoms with E-state index in [1.165, 1.54) is 10.4 Å². The zero-order valence-corrected chi connectivity index (χ0v) is 18.8. The molecule has 2 nitrogen and oxygen atoms in total. The van der Waals surface area contributed by atoms with Crippen molar-refractivity contribution < 1.29 is 9.22 Å². The molecule has 0 saturated heterocycles. The molecule has 148 valence electrons. The molecule has 1 aliphatic rings. The molecule has 0 amide bonds. The van der Waals surface area contributed by atoms with Gasteiger partial charge in [0, 0.05) is 12.0 Å². The molecule has 2 aromatic carbocycles. The minimum atomic E-state index is -2.59. The summed E-state index contributed by atoms with van der Waals surface area (Å²) in [4.78, 5) is 12.7. The summed E-state index contributed by atoms with van der Waals surface area (Å²) in [5.41, 5.74) is 0.894. The van der Waals surface area contributed by atoms with E-state index in [1.54, 1.807) is 0 Å². The van der Waals surface area contributed by atoms with E-state index >= 15 is 0 Å². The molecule has 0 unspecified atom stereocenters. The van der Waals surface area contributed by atoms with Crippen LogP contribution in [0.4, 0.5) is 0 Å². The highest BCUT2D eigenvalue weighted by Crippen LogP contribution is 2.38. The topological polar surface area (TPSA) is 26.3 Å². The van der Waals surface area contributed by atoms with Crippen molar-refractivity contribution in [3.05, 3.63) is 72.3 Å². The van der Waals surface area contributed by atoms with Crippen LogP contribution in [0, 0.1) is 5.41 Å². The van der Waals surface area contributed by atoms with Crippen molar-refractivity contribution >= 4 is 24.5 Å². The van der Waals surface area contributed by atoms with E-state index in [9.17, 15) is 4.79 Å². The third-order valence-electron chi connectivity index (χ3n) is 5.76. The highest BCUT2D eigenvalue weighted by molar-refractivity contribution is 6.99. The van der Waals surface area contributed by atoms with Crippen LogP contribution < -0.4 is 10.4 Å². The van der Waals surface area contributed by atoms with E-state index in [2.05, 4.69) is 89.2 Å². The predicted molar refractivity (Wildman–Crippen MR) is 120 cm³/mol. The number of ketones is 1. The zero-order valence-electron chi connectivity index (χ0n) is 17.8. The van der Waals surface area contributed by atoms with Gasteiger partial charge in [0.1, 0.15) is 0 Å². The van der Waals surface area contributed by atoms with Gasteiger partial charge in [-0.05, 0) is 27.2 Å². The van der Waals surface area contributed by atoms with Gasteiger partial charge < -0.3 is 4.43 Å². The maximum Gasteiger partial charge on any atom is 0.261 e. The highest BCUT2D eigenvalue weighted by atomic mass is 28.4. The number of benzene rings is 2. The van der Waals surface area contributed by atoms with Crippen molar-refractivity contribution in [3.8, 4) is 0 Å². The fourth-order valence-electron chi connectivity index (χ4n) is 4.22. The number of allylic oxidation sites excluding steroid dienone is 1. The summed E-state index contributed by atoms with van der Waals surface area (Å²) in [6.07, 6.45) is 3.63. The molecular formula is C25H32O2Si. The van der Waals surface area contributed by atoms with Crippen LogP contribution in [0.5, 0.6) is 0 Å². The second-order valence-corrected chi connectivity index (χ2v) is 14.0. The summed E-state index contributed by atoms with van der Waals surface area (Å²) in [6.45, 7) is 11.5. The van der Waals surface area contributed by atoms with Gasteiger partial charge in [0.25, 0.3) is 8.32 Å². The number of hydrogen-bond donors (Lipinski definition) is 0. The summed E-state index contributed by atoms with van der Waals surface area (Å²) in [5.74, 6) is 0.231. The molecule has 0 bridgehead atoms. The maximum absolute atomic E-state index is 12.7. The van der Waals surface area contributed by atoms with Gasteiger partial charge in [-0.3, -0.25) is 4.79 Å². The molecule has 3 rings (SSSR count). The van der Waals surface area contributed by atoms with Crippen LogP contribution in [0.2, 0.25) is 5.04 Å². The van der Waals surface area contributed by atoms with Crippen LogP contribution in [0.15, 0.2) is 72.3 Å². The van der Waals surface area contributed by atoms with Gasteiger partial charge in [0.05, 0.1) is 6.61 Å². The Morgan fingerprint density at radius 1 is 0.929 bits per heavy atom. The second-order valence-electron chi connectivity index (χ2n) is 9.65. The van der Waals surface area contributed by atoms with Crippen LogP contribution in [0.1, 0.15) is 47.5 Å². The number of hydrogen-bond acceptors (Lipinski definition) is 2. The quantitative estimate of drug-likeness (QED) is 0.678. The molecular weight excluding hydrogens is 360 g/mol. The Balaban J connectivity index is 2.05. The molecule has 0 aliphatic heterocycles. The Kier molecular flexibility index (Phi) is 5.78. The molecule has 0 heterocycles. The lowest BCUT2D eigenvalue weighted by atomic mass is 9.78. The summed E-state index contributed by atoms with van der Waals surface area (Å²) in [5, 5.41) is 2.42. The van der Waals surface area contributed by atoms with Gasteiger partial charge in [-0.15, -0.1) is 0 Å². The first-order chi connectivity index (χ1) is 13.2. The minimum Gasteiger partial charge on any atom is -0.403 e. The van der Waals surface area contributed by atoms with E-state index in [4.69, 9.17) is 4.43 Å². The highest BCUT2D eigenvalue weighted by Gasteiger charge is 2.50. The van der Waals surface area contributed by atoms with Gasteiger partial charge in [-0.2, -0.15) is 0 Å². The Hall–Kier alpha value is -1.97. The zero-order chi connectivity index (χ0) is 20.4. The summed E-state index contributed by atoms with van der Waals surface area (Å²) in [6, 6.07) is 21.2. The van der Waals surface area contributed by atoms with E-state index < -0.39 is 8.32 Å². The summed E-state index contributed by atoms with van der Waals surface area (Å²) in [7, 11) is -2.59. The predicted octanol–water partition coefficient (Wildman–Crippen LogP) is 4.88. The number of carbonyl (C=O) groups excluding carboxylic acids is 1. The first-order valence-electron chi connectivity index (χ1n) is 10.1. The van der Waals surface area contributed by atoms with Gasteiger partial charge >= 0.3 is 0 Å². The molecule has 0 spiro atoms. The molecule has 0 saturated carbocycles. The smallest absolute Gasteiger partial charge is 0.261 e. The van der Waals surface area contributed by atoms with Crippen LogP contribution in [-0.4, -0.2) is 20.7 Å². The van der Waals surface area contributed by atoms with Crippen molar-refractivity contribution in [1.29, 1.82) is 0 Å². The average Bonchev–Trinajstić information content (AvgIpc) is 2.64. The fraction of sp³-hybridized carbons (Fsp3) is 0.400. The number of rotatable bonds is 5. The Morgan fingerprint density at radius 2 is 1.43 bits per heavy atom. The van der Waals surface area contributed by atoms with Crippen molar-refractivity contribution in [2.45, 2.75) is 52.5 Å². The standard InChI is InChI=1S/C25H32O2Si/c1-24(2,3)28(21-12-8-6-9-13-21,22-14-10-7-11-15-22)27-19-20-16-17-25(4,5)18-23(20)26/h6-16H,17-19H2,1-5H3. The molecule has 1 aliphatic carbocycles. The molecule has 3 heteroatoms. The number of carbonyl (C=O) groups is 1. The molecule has 2 aromatic rings. The van der Waals surface area contributed by atoms with Crippen molar-refractivity contribution in [2.75, 3.05) is 6.61 Å². The minimum absolute atomic E-state index is 0.0536. The first-order valence-corrected chi connectivity index (χ1v) is 12.0. The molecule has 28 heavy (non-hydrogen) atoms. The van der Waals surface area contributed by atoms with Gasteiger partial charge in [0.15, 0.2) is 5.78 Å². The Bertz CT molecular complexity index is 806. The average molecular weight is 393 g/mol. The SMILES string of the molecule is CC1(C)CC=C(CO[Si](c2ccccc2)(c2ccccc2)C(C)(C)C)C(=O)C1. The second kappa shape index (κ2) is 7.80. The van der Waals surface area contributed by atoms with Crippen molar-refractivity contribution in [2.24, 2.45) is 5.41 Å². The van der Waals surface area contributed by atoms with Crippen LogP contribution in [0.3, 0.4) is 0 Å². The molecule has 0 N–H and O–H groups in total. The summed E-state index contributed by atoms with van der Waals surface area (Å²) >= 11 is 0. The van der Waals surface area contributed by atoms with E-state index in [1.807, 2.05) is 12.1 Å². The summed E-state index contributed by atoms with van der Waals surface area (Å²) < 4.78 is 6.89.